The van der Waals surface area contributed by atoms with Crippen LogP contribution in [0.2, 0.25) is 0 Å². The molecule has 0 radical (unpaired) electrons. The summed E-state index contributed by atoms with van der Waals surface area (Å²) in [4.78, 5) is 2.30. The lowest BCUT2D eigenvalue weighted by atomic mass is 10.0. The summed E-state index contributed by atoms with van der Waals surface area (Å²) in [7, 11) is 1.56. The van der Waals surface area contributed by atoms with Gasteiger partial charge >= 0.3 is 0 Å². The van der Waals surface area contributed by atoms with Gasteiger partial charge in [0, 0.05) is 24.7 Å². The Morgan fingerprint density at radius 2 is 1.78 bits per heavy atom. The number of hydrogen-bond donors (Lipinski definition) is 2. The fourth-order valence-corrected chi connectivity index (χ4v) is 2.86. The van der Waals surface area contributed by atoms with Gasteiger partial charge in [-0.15, -0.1) is 0 Å². The van der Waals surface area contributed by atoms with Crippen molar-refractivity contribution < 1.29 is 9.84 Å². The Kier molecular flexibility index (Phi) is 6.02. The summed E-state index contributed by atoms with van der Waals surface area (Å²) in [6.45, 7) is 5.48. The van der Waals surface area contributed by atoms with Crippen molar-refractivity contribution in [3.8, 4) is 11.5 Å². The van der Waals surface area contributed by atoms with E-state index in [-0.39, 0.29) is 17.8 Å². The number of methoxy groups -OCH3 is 1. The summed E-state index contributed by atoms with van der Waals surface area (Å²) < 4.78 is 5.23. The molecule has 0 fully saturated rings. The summed E-state index contributed by atoms with van der Waals surface area (Å²) in [5, 5.41) is 10.5. The number of phenols is 1. The third kappa shape index (κ3) is 4.03. The fourth-order valence-electron chi connectivity index (χ4n) is 2.86. The number of rotatable bonds is 7. The molecule has 4 heteroatoms. The van der Waals surface area contributed by atoms with E-state index in [0.717, 1.165) is 12.1 Å². The van der Waals surface area contributed by atoms with Gasteiger partial charge in [0.1, 0.15) is 0 Å². The summed E-state index contributed by atoms with van der Waals surface area (Å²) in [5.41, 5.74) is 8.09. The maximum absolute atomic E-state index is 10.5. The van der Waals surface area contributed by atoms with Crippen LogP contribution in [0.25, 0.3) is 0 Å². The standard InChI is InChI=1S/C19H26N2O2/c1-14(2)21(13-15-8-5-4-6-9-15)17(12-20)16-10-7-11-18(23-3)19(16)22/h4-11,14,17,22H,12-13,20H2,1-3H3. The van der Waals surface area contributed by atoms with Gasteiger partial charge in [0.15, 0.2) is 11.5 Å². The van der Waals surface area contributed by atoms with Crippen molar-refractivity contribution >= 4 is 0 Å². The first-order chi connectivity index (χ1) is 11.1. The van der Waals surface area contributed by atoms with E-state index in [9.17, 15) is 5.11 Å². The third-order valence-corrected chi connectivity index (χ3v) is 4.10. The molecule has 0 aliphatic carbocycles. The average molecular weight is 314 g/mol. The van der Waals surface area contributed by atoms with E-state index in [0.29, 0.717) is 12.3 Å². The number of aromatic hydroxyl groups is 1. The van der Waals surface area contributed by atoms with Crippen LogP contribution in [0.3, 0.4) is 0 Å². The van der Waals surface area contributed by atoms with Gasteiger partial charge in [0.2, 0.25) is 0 Å². The Morgan fingerprint density at radius 3 is 2.35 bits per heavy atom. The van der Waals surface area contributed by atoms with Gasteiger partial charge in [0.05, 0.1) is 13.2 Å². The number of nitrogens with two attached hydrogens (primary N) is 1. The Labute approximate surface area is 138 Å². The Bertz CT molecular complexity index is 614. The van der Waals surface area contributed by atoms with Gasteiger partial charge in [-0.1, -0.05) is 42.5 Å². The van der Waals surface area contributed by atoms with Crippen LogP contribution in [0.5, 0.6) is 11.5 Å². The molecule has 124 valence electrons. The summed E-state index contributed by atoms with van der Waals surface area (Å²) in [5.74, 6) is 0.647. The monoisotopic (exact) mass is 314 g/mol. The quantitative estimate of drug-likeness (QED) is 0.823. The Morgan fingerprint density at radius 1 is 1.09 bits per heavy atom. The molecule has 0 spiro atoms. The van der Waals surface area contributed by atoms with Crippen molar-refractivity contribution in [3.05, 3.63) is 59.7 Å². The molecule has 1 unspecified atom stereocenters. The van der Waals surface area contributed by atoms with Crippen LogP contribution < -0.4 is 10.5 Å². The largest absolute Gasteiger partial charge is 0.504 e. The zero-order valence-corrected chi connectivity index (χ0v) is 14.1. The van der Waals surface area contributed by atoms with Crippen molar-refractivity contribution in [1.29, 1.82) is 0 Å². The van der Waals surface area contributed by atoms with Gasteiger partial charge in [-0.2, -0.15) is 0 Å². The Hall–Kier alpha value is -2.04. The number of nitrogens with zero attached hydrogens (tertiary/aromatic N) is 1. The van der Waals surface area contributed by atoms with Crippen molar-refractivity contribution in [2.24, 2.45) is 5.73 Å². The summed E-state index contributed by atoms with van der Waals surface area (Å²) in [6, 6.07) is 16.1. The molecule has 0 aromatic heterocycles. The van der Waals surface area contributed by atoms with Crippen LogP contribution in [0.4, 0.5) is 0 Å². The second-order valence-corrected chi connectivity index (χ2v) is 5.90. The fraction of sp³-hybridized carbons (Fsp3) is 0.368. The molecule has 0 saturated heterocycles. The lowest BCUT2D eigenvalue weighted by molar-refractivity contribution is 0.145. The van der Waals surface area contributed by atoms with Gasteiger partial charge in [0.25, 0.3) is 0 Å². The zero-order valence-electron chi connectivity index (χ0n) is 14.1. The zero-order chi connectivity index (χ0) is 16.8. The second kappa shape index (κ2) is 7.99. The molecule has 1 atom stereocenters. The highest BCUT2D eigenvalue weighted by Crippen LogP contribution is 2.36. The molecule has 0 saturated carbocycles. The topological polar surface area (TPSA) is 58.7 Å². The first-order valence-corrected chi connectivity index (χ1v) is 7.94. The van der Waals surface area contributed by atoms with E-state index in [4.69, 9.17) is 10.5 Å². The van der Waals surface area contributed by atoms with Crippen LogP contribution in [0, 0.1) is 0 Å². The molecule has 0 amide bonds. The number of hydrogen-bond acceptors (Lipinski definition) is 4. The molecule has 4 nitrogen and oxygen atoms in total. The smallest absolute Gasteiger partial charge is 0.162 e. The molecular weight excluding hydrogens is 288 g/mol. The molecule has 23 heavy (non-hydrogen) atoms. The van der Waals surface area contributed by atoms with Crippen LogP contribution >= 0.6 is 0 Å². The first kappa shape index (κ1) is 17.3. The van der Waals surface area contributed by atoms with Crippen LogP contribution in [0.1, 0.15) is 31.0 Å². The number of phenolic OH excluding ortho intramolecular Hbond substituents is 1. The van der Waals surface area contributed by atoms with E-state index in [1.807, 2.05) is 30.3 Å². The van der Waals surface area contributed by atoms with Gasteiger partial charge in [-0.25, -0.2) is 0 Å². The van der Waals surface area contributed by atoms with E-state index in [2.05, 4.69) is 30.9 Å². The molecule has 2 aromatic carbocycles. The van der Waals surface area contributed by atoms with Crippen LogP contribution in [-0.4, -0.2) is 29.7 Å². The molecule has 3 N–H and O–H groups in total. The van der Waals surface area contributed by atoms with Gasteiger partial charge < -0.3 is 15.6 Å². The second-order valence-electron chi connectivity index (χ2n) is 5.90. The lowest BCUT2D eigenvalue weighted by Gasteiger charge is -2.35. The molecule has 0 heterocycles. The van der Waals surface area contributed by atoms with Gasteiger partial charge in [-0.3, -0.25) is 4.90 Å². The normalized spacial score (nSPS) is 12.6. The van der Waals surface area contributed by atoms with E-state index in [1.165, 1.54) is 5.56 Å². The summed E-state index contributed by atoms with van der Waals surface area (Å²) in [6.07, 6.45) is 0. The van der Waals surface area contributed by atoms with E-state index < -0.39 is 0 Å². The number of ether oxygens (including phenoxy) is 1. The highest BCUT2D eigenvalue weighted by molar-refractivity contribution is 5.47. The molecule has 2 aromatic rings. The maximum Gasteiger partial charge on any atom is 0.162 e. The third-order valence-electron chi connectivity index (χ3n) is 4.10. The van der Waals surface area contributed by atoms with Crippen LogP contribution in [-0.2, 0) is 6.54 Å². The number of benzene rings is 2. The minimum atomic E-state index is -0.0784. The van der Waals surface area contributed by atoms with Crippen molar-refractivity contribution in [2.45, 2.75) is 32.5 Å². The number of para-hydroxylation sites is 1. The highest BCUT2D eigenvalue weighted by atomic mass is 16.5. The average Bonchev–Trinajstić information content (AvgIpc) is 2.56. The molecule has 2 rings (SSSR count). The molecule has 0 aliphatic rings. The Balaban J connectivity index is 2.35. The highest BCUT2D eigenvalue weighted by Gasteiger charge is 2.25. The molecule has 0 bridgehead atoms. The minimum absolute atomic E-state index is 0.0784. The molecule has 0 aliphatic heterocycles. The van der Waals surface area contributed by atoms with Gasteiger partial charge in [-0.05, 0) is 25.5 Å². The van der Waals surface area contributed by atoms with Crippen molar-refractivity contribution in [1.82, 2.24) is 4.90 Å². The van der Waals surface area contributed by atoms with E-state index in [1.54, 1.807) is 13.2 Å². The van der Waals surface area contributed by atoms with E-state index >= 15 is 0 Å². The predicted molar refractivity (Wildman–Crippen MR) is 93.6 cm³/mol. The molecular formula is C19H26N2O2. The predicted octanol–water partition coefficient (Wildman–Crippen LogP) is 3.31. The minimum Gasteiger partial charge on any atom is -0.504 e. The first-order valence-electron chi connectivity index (χ1n) is 7.94. The van der Waals surface area contributed by atoms with Crippen molar-refractivity contribution in [2.75, 3.05) is 13.7 Å². The lowest BCUT2D eigenvalue weighted by Crippen LogP contribution is -2.38. The van der Waals surface area contributed by atoms with Crippen molar-refractivity contribution in [3.63, 3.8) is 0 Å². The van der Waals surface area contributed by atoms with Crippen LogP contribution in [0.15, 0.2) is 48.5 Å². The summed E-state index contributed by atoms with van der Waals surface area (Å²) >= 11 is 0. The maximum atomic E-state index is 10.5. The SMILES string of the molecule is COc1cccc(C(CN)N(Cc2ccccc2)C(C)C)c1O.